The molecule has 1 atom stereocenters. The van der Waals surface area contributed by atoms with Crippen molar-refractivity contribution in [3.8, 4) is 0 Å². The van der Waals surface area contributed by atoms with E-state index < -0.39 is 12.1 Å². The average molecular weight is 471 g/mol. The number of fused-ring (bicyclic) bond motifs is 1. The van der Waals surface area contributed by atoms with Crippen LogP contribution in [-0.2, 0) is 17.9 Å². The molecule has 2 aromatic rings. The second kappa shape index (κ2) is 10.6. The van der Waals surface area contributed by atoms with Gasteiger partial charge < -0.3 is 15.3 Å². The Hall–Kier alpha value is -3.15. The molecule has 1 unspecified atom stereocenters. The van der Waals surface area contributed by atoms with Crippen molar-refractivity contribution in [3.63, 3.8) is 0 Å². The molecule has 1 aromatic heterocycles. The smallest absolute Gasteiger partial charge is 0.475 e. The van der Waals surface area contributed by atoms with Crippen LogP contribution in [0.2, 0.25) is 0 Å². The first-order valence-corrected chi connectivity index (χ1v) is 10.5. The van der Waals surface area contributed by atoms with Crippen molar-refractivity contribution in [3.05, 3.63) is 53.6 Å². The van der Waals surface area contributed by atoms with Gasteiger partial charge in [0.15, 0.2) is 0 Å². The van der Waals surface area contributed by atoms with Crippen LogP contribution in [0.1, 0.15) is 30.1 Å². The number of amides is 2. The van der Waals surface area contributed by atoms with Crippen LogP contribution in [0.5, 0.6) is 0 Å². The zero-order valence-electron chi connectivity index (χ0n) is 17.8. The lowest BCUT2D eigenvalue weighted by atomic mass is 10.1. The maximum Gasteiger partial charge on any atom is 0.490 e. The van der Waals surface area contributed by atoms with Gasteiger partial charge in [0.1, 0.15) is 5.82 Å². The van der Waals surface area contributed by atoms with Crippen molar-refractivity contribution < 1.29 is 32.3 Å². The summed E-state index contributed by atoms with van der Waals surface area (Å²) in [6.45, 7) is 4.45. The molecule has 1 fully saturated rings. The Morgan fingerprint density at radius 1 is 1.18 bits per heavy atom. The number of hydrogen-bond donors (Lipinski definition) is 2. The fourth-order valence-electron chi connectivity index (χ4n) is 3.87. The number of likely N-dealkylation sites (tertiary alicyclic amines) is 1. The highest BCUT2D eigenvalue weighted by molar-refractivity contribution is 5.74. The molecule has 0 aliphatic carbocycles. The quantitative estimate of drug-likeness (QED) is 0.670. The Balaban J connectivity index is 0.000000383. The first-order chi connectivity index (χ1) is 15.6. The van der Waals surface area contributed by atoms with Crippen molar-refractivity contribution in [1.29, 1.82) is 0 Å². The topological polar surface area (TPSA) is 90.7 Å². The van der Waals surface area contributed by atoms with Gasteiger partial charge in [-0.3, -0.25) is 9.58 Å². The summed E-state index contributed by atoms with van der Waals surface area (Å²) in [7, 11) is 0. The highest BCUT2D eigenvalue weighted by atomic mass is 19.4. The Kier molecular flexibility index (Phi) is 7.90. The minimum Gasteiger partial charge on any atom is -0.475 e. The van der Waals surface area contributed by atoms with E-state index in [2.05, 4.69) is 15.3 Å². The van der Waals surface area contributed by atoms with E-state index in [4.69, 9.17) is 9.90 Å². The van der Waals surface area contributed by atoms with Crippen LogP contribution in [0, 0.1) is 5.82 Å². The number of alkyl halides is 3. The van der Waals surface area contributed by atoms with Crippen LogP contribution in [-0.4, -0.2) is 69.0 Å². The summed E-state index contributed by atoms with van der Waals surface area (Å²) in [4.78, 5) is 25.3. The molecule has 0 bridgehead atoms. The number of hydrogen-bond acceptors (Lipinski definition) is 4. The van der Waals surface area contributed by atoms with Crippen molar-refractivity contribution >= 4 is 12.0 Å². The Labute approximate surface area is 187 Å². The fourth-order valence-corrected chi connectivity index (χ4v) is 3.87. The summed E-state index contributed by atoms with van der Waals surface area (Å²) in [5.74, 6) is -2.97. The lowest BCUT2D eigenvalue weighted by Gasteiger charge is -2.34. The lowest BCUT2D eigenvalue weighted by Crippen LogP contribution is -2.45. The zero-order chi connectivity index (χ0) is 24.0. The predicted molar refractivity (Wildman–Crippen MR) is 110 cm³/mol. The second-order valence-electron chi connectivity index (χ2n) is 7.90. The molecule has 3 heterocycles. The minimum atomic E-state index is -5.08. The third-order valence-electron chi connectivity index (χ3n) is 5.37. The largest absolute Gasteiger partial charge is 0.490 e. The normalized spacial score (nSPS) is 18.3. The van der Waals surface area contributed by atoms with E-state index in [9.17, 15) is 22.4 Å². The summed E-state index contributed by atoms with van der Waals surface area (Å²) in [6.07, 6.45) is -1.11. The molecule has 1 saturated heterocycles. The highest BCUT2D eigenvalue weighted by Crippen LogP contribution is 2.22. The van der Waals surface area contributed by atoms with Crippen molar-refractivity contribution in [2.24, 2.45) is 0 Å². The maximum absolute atomic E-state index is 13.5. The molecule has 4 rings (SSSR count). The van der Waals surface area contributed by atoms with Crippen LogP contribution in [0.3, 0.4) is 0 Å². The molecule has 2 amide bonds. The number of urea groups is 1. The van der Waals surface area contributed by atoms with Crippen LogP contribution in [0.4, 0.5) is 22.4 Å². The molecule has 12 heteroatoms. The summed E-state index contributed by atoms with van der Waals surface area (Å²) in [5, 5.41) is 14.6. The average Bonchev–Trinajstić information content (AvgIpc) is 3.43. The Morgan fingerprint density at radius 2 is 1.88 bits per heavy atom. The van der Waals surface area contributed by atoms with Crippen LogP contribution >= 0.6 is 0 Å². The number of halogens is 4. The van der Waals surface area contributed by atoms with Gasteiger partial charge in [-0.25, -0.2) is 14.0 Å². The van der Waals surface area contributed by atoms with Crippen LogP contribution < -0.4 is 5.32 Å². The molecule has 2 aliphatic heterocycles. The van der Waals surface area contributed by atoms with Gasteiger partial charge in [-0.15, -0.1) is 0 Å². The highest BCUT2D eigenvalue weighted by Gasteiger charge is 2.38. The van der Waals surface area contributed by atoms with Crippen molar-refractivity contribution in [1.82, 2.24) is 24.9 Å². The van der Waals surface area contributed by atoms with Gasteiger partial charge in [0.2, 0.25) is 0 Å². The molecule has 0 spiro atoms. The monoisotopic (exact) mass is 471 g/mol. The molecule has 180 valence electrons. The SMILES string of the molecule is O=C(NCC1CN(Cc2cccc(F)c2)Cc2ccnn21)N1CCCC1.O=C(O)C(F)(F)F. The van der Waals surface area contributed by atoms with Crippen LogP contribution in [0.15, 0.2) is 36.5 Å². The molecule has 8 nitrogen and oxygen atoms in total. The van der Waals surface area contributed by atoms with Crippen molar-refractivity contribution in [2.75, 3.05) is 26.2 Å². The fraction of sp³-hybridized carbons (Fsp3) is 0.476. The molecule has 2 aliphatic rings. The molecule has 1 aromatic carbocycles. The number of nitrogens with zero attached hydrogens (tertiary/aromatic N) is 4. The maximum atomic E-state index is 13.5. The molecule has 33 heavy (non-hydrogen) atoms. The Bertz CT molecular complexity index is 959. The molecular weight excluding hydrogens is 446 g/mol. The Morgan fingerprint density at radius 3 is 2.52 bits per heavy atom. The number of carboxylic acids is 1. The lowest BCUT2D eigenvalue weighted by molar-refractivity contribution is -0.192. The van der Waals surface area contributed by atoms with Gasteiger partial charge in [0.05, 0.1) is 11.7 Å². The van der Waals surface area contributed by atoms with Gasteiger partial charge in [0, 0.05) is 45.5 Å². The van der Waals surface area contributed by atoms with E-state index in [1.165, 1.54) is 6.07 Å². The van der Waals surface area contributed by atoms with E-state index in [0.29, 0.717) is 13.1 Å². The minimum absolute atomic E-state index is 0.0125. The number of nitrogens with one attached hydrogen (secondary N) is 1. The number of rotatable bonds is 4. The van der Waals surface area contributed by atoms with E-state index in [1.54, 1.807) is 18.3 Å². The standard InChI is InChI=1S/C19H24FN5O.C2HF3O2/c20-16-5-3-4-15(10-16)12-23-13-17-6-7-22-25(17)18(14-23)11-21-19(26)24-8-1-2-9-24;3-2(4,5)1(6)7/h3-7,10,18H,1-2,8-9,11-14H2,(H,21,26);(H,6,7). The molecular formula is C21H25F4N5O3. The summed E-state index contributed by atoms with van der Waals surface area (Å²) < 4.78 is 47.2. The summed E-state index contributed by atoms with van der Waals surface area (Å²) in [6, 6.07) is 8.83. The van der Waals surface area contributed by atoms with E-state index in [1.807, 2.05) is 21.7 Å². The zero-order valence-corrected chi connectivity index (χ0v) is 17.8. The van der Waals surface area contributed by atoms with Gasteiger partial charge in [-0.2, -0.15) is 18.3 Å². The van der Waals surface area contributed by atoms with E-state index in [0.717, 1.165) is 50.3 Å². The number of carbonyl (C=O) groups is 2. The van der Waals surface area contributed by atoms with Gasteiger partial charge in [-0.05, 0) is 36.6 Å². The van der Waals surface area contributed by atoms with Crippen LogP contribution in [0.25, 0.3) is 0 Å². The van der Waals surface area contributed by atoms with E-state index in [-0.39, 0.29) is 17.9 Å². The molecule has 0 saturated carbocycles. The number of carbonyl (C=O) groups excluding carboxylic acids is 1. The number of benzene rings is 1. The molecule has 2 N–H and O–H groups in total. The summed E-state index contributed by atoms with van der Waals surface area (Å²) in [5.41, 5.74) is 2.07. The van der Waals surface area contributed by atoms with Gasteiger partial charge >= 0.3 is 18.2 Å². The summed E-state index contributed by atoms with van der Waals surface area (Å²) >= 11 is 0. The third kappa shape index (κ3) is 6.91. The van der Waals surface area contributed by atoms with Gasteiger partial charge in [-0.1, -0.05) is 12.1 Å². The van der Waals surface area contributed by atoms with Gasteiger partial charge in [0.25, 0.3) is 0 Å². The number of aromatic nitrogens is 2. The second-order valence-corrected chi connectivity index (χ2v) is 7.90. The van der Waals surface area contributed by atoms with Crippen molar-refractivity contribution in [2.45, 2.75) is 38.1 Å². The first kappa shape index (κ1) is 24.5. The number of aliphatic carboxylic acids is 1. The van der Waals surface area contributed by atoms with E-state index >= 15 is 0 Å². The number of carboxylic acid groups (broad SMARTS) is 1. The predicted octanol–water partition coefficient (Wildman–Crippen LogP) is 3.02. The first-order valence-electron chi connectivity index (χ1n) is 10.5. The molecule has 0 radical (unpaired) electrons. The third-order valence-corrected chi connectivity index (χ3v) is 5.37.